The van der Waals surface area contributed by atoms with Gasteiger partial charge in [0.1, 0.15) is 22.7 Å². The number of nitro benzene ring substituents is 1. The van der Waals surface area contributed by atoms with Gasteiger partial charge in [0, 0.05) is 35.7 Å². The first-order valence-electron chi connectivity index (χ1n) is 10.0. The van der Waals surface area contributed by atoms with Crippen molar-refractivity contribution in [3.8, 4) is 22.5 Å². The summed E-state index contributed by atoms with van der Waals surface area (Å²) in [7, 11) is 1.00. The van der Waals surface area contributed by atoms with Crippen molar-refractivity contribution in [3.05, 3.63) is 94.3 Å². The quantitative estimate of drug-likeness (QED) is 0.187. The fraction of sp³-hybridized carbons (Fsp3) is 0.0417. The summed E-state index contributed by atoms with van der Waals surface area (Å²) in [5.41, 5.74) is 5.89. The highest BCUT2D eigenvalue weighted by Gasteiger charge is 2.13. The molecule has 0 fully saturated rings. The molecule has 2 aromatic carbocycles. The number of furan rings is 1. The van der Waals surface area contributed by atoms with Crippen molar-refractivity contribution >= 4 is 39.3 Å². The number of anilines is 1. The van der Waals surface area contributed by atoms with E-state index in [1.165, 1.54) is 18.5 Å². The molecule has 9 nitrogen and oxygen atoms in total. The monoisotopic (exact) mass is 473 g/mol. The second-order valence-electron chi connectivity index (χ2n) is 6.79. The Hall–Kier alpha value is -4.41. The Morgan fingerprint density at radius 1 is 1.03 bits per heavy atom. The minimum Gasteiger partial charge on any atom is -0.455 e. The maximum atomic E-state index is 10.8. The first-order valence-corrected chi connectivity index (χ1v) is 10.9. The Kier molecular flexibility index (Phi) is 7.01. The highest BCUT2D eigenvalue weighted by atomic mass is 32.1. The number of thiophene rings is 1. The van der Waals surface area contributed by atoms with Crippen LogP contribution >= 0.6 is 11.3 Å². The lowest BCUT2D eigenvalue weighted by molar-refractivity contribution is -0.384. The van der Waals surface area contributed by atoms with E-state index >= 15 is 0 Å². The molecule has 0 saturated carbocycles. The number of hydrazone groups is 1. The van der Waals surface area contributed by atoms with E-state index in [2.05, 4.69) is 25.9 Å². The van der Waals surface area contributed by atoms with Crippen molar-refractivity contribution in [3.63, 3.8) is 0 Å². The molecule has 0 amide bonds. The van der Waals surface area contributed by atoms with Crippen LogP contribution in [-0.2, 0) is 0 Å². The molecule has 34 heavy (non-hydrogen) atoms. The maximum Gasteiger partial charge on any atom is 0.269 e. The molecule has 10 heteroatoms. The normalized spacial score (nSPS) is 10.8. The number of nitrogens with one attached hydrogen (secondary N) is 1. The van der Waals surface area contributed by atoms with Crippen LogP contribution in [0.15, 0.2) is 88.0 Å². The summed E-state index contributed by atoms with van der Waals surface area (Å²) in [6, 6.07) is 19.8. The van der Waals surface area contributed by atoms with Crippen LogP contribution < -0.4 is 5.43 Å². The molecule has 0 aliphatic rings. The Balaban J connectivity index is 0.00000133. The maximum absolute atomic E-state index is 10.8. The van der Waals surface area contributed by atoms with Crippen LogP contribution in [0, 0.1) is 10.1 Å². The number of fused-ring (bicyclic) bond motifs is 1. The fourth-order valence-corrected chi connectivity index (χ4v) is 4.19. The van der Waals surface area contributed by atoms with Crippen LogP contribution in [0.1, 0.15) is 5.76 Å². The van der Waals surface area contributed by atoms with Crippen molar-refractivity contribution in [2.24, 2.45) is 5.10 Å². The molecule has 3 heterocycles. The average molecular weight is 474 g/mol. The minimum absolute atomic E-state index is 0.0331. The van der Waals surface area contributed by atoms with Gasteiger partial charge in [0.05, 0.1) is 16.5 Å². The van der Waals surface area contributed by atoms with Crippen LogP contribution in [0.5, 0.6) is 0 Å². The van der Waals surface area contributed by atoms with E-state index in [9.17, 15) is 10.1 Å². The molecule has 5 aromatic rings. The van der Waals surface area contributed by atoms with Crippen molar-refractivity contribution in [2.75, 3.05) is 12.5 Å². The largest absolute Gasteiger partial charge is 0.455 e. The third kappa shape index (κ3) is 4.82. The van der Waals surface area contributed by atoms with E-state index in [4.69, 9.17) is 9.52 Å². The van der Waals surface area contributed by atoms with Gasteiger partial charge >= 0.3 is 0 Å². The molecule has 0 aliphatic carbocycles. The van der Waals surface area contributed by atoms with Gasteiger partial charge in [0.2, 0.25) is 0 Å². The van der Waals surface area contributed by atoms with E-state index in [1.807, 2.05) is 30.3 Å². The first kappa shape index (κ1) is 22.8. The highest BCUT2D eigenvalue weighted by molar-refractivity contribution is 7.17. The summed E-state index contributed by atoms with van der Waals surface area (Å²) in [5, 5.41) is 25.1. The number of hydrogen-bond acceptors (Lipinski definition) is 9. The van der Waals surface area contributed by atoms with Crippen LogP contribution in [0.4, 0.5) is 11.5 Å². The molecule has 0 bridgehead atoms. The standard InChI is InChI=1S/C23H15N5O3S.CH4O/c29-28(30)17-8-6-16(7-9-17)20-11-10-18(31-20)12-26-27-22-21-19(15-4-2-1-3-5-15)13-32-23(21)25-14-24-22;1-2/h1-14H,(H,24,25,27);2H,1H3/b26-12+;. The average Bonchev–Trinajstić information content (AvgIpc) is 3.54. The zero-order chi connectivity index (χ0) is 23.9. The number of hydrogen-bond donors (Lipinski definition) is 2. The molecular formula is C24H19N5O4S. The predicted molar refractivity (Wildman–Crippen MR) is 133 cm³/mol. The van der Waals surface area contributed by atoms with Gasteiger partial charge in [-0.2, -0.15) is 5.10 Å². The topological polar surface area (TPSA) is 127 Å². The molecule has 0 radical (unpaired) electrons. The number of nitrogens with zero attached hydrogens (tertiary/aromatic N) is 4. The third-order valence-electron chi connectivity index (χ3n) is 4.81. The van der Waals surface area contributed by atoms with Crippen LogP contribution in [0.3, 0.4) is 0 Å². The Labute approximate surface area is 198 Å². The Morgan fingerprint density at radius 3 is 2.53 bits per heavy atom. The lowest BCUT2D eigenvalue weighted by Crippen LogP contribution is -1.95. The van der Waals surface area contributed by atoms with Crippen LogP contribution in [0.25, 0.3) is 32.7 Å². The number of nitro groups is 1. The van der Waals surface area contributed by atoms with Crippen molar-refractivity contribution in [1.82, 2.24) is 9.97 Å². The summed E-state index contributed by atoms with van der Waals surface area (Å²) in [6.07, 6.45) is 3.06. The van der Waals surface area contributed by atoms with Crippen LogP contribution in [0.2, 0.25) is 0 Å². The van der Waals surface area contributed by atoms with Gasteiger partial charge in [-0.1, -0.05) is 30.3 Å². The molecule has 0 spiro atoms. The molecular weight excluding hydrogens is 454 g/mol. The smallest absolute Gasteiger partial charge is 0.269 e. The number of aliphatic hydroxyl groups is 1. The second kappa shape index (κ2) is 10.5. The number of rotatable bonds is 6. The lowest BCUT2D eigenvalue weighted by atomic mass is 10.1. The Morgan fingerprint density at radius 2 is 1.79 bits per heavy atom. The van der Waals surface area contributed by atoms with Gasteiger partial charge < -0.3 is 9.52 Å². The van der Waals surface area contributed by atoms with E-state index in [0.717, 1.165) is 34.0 Å². The lowest BCUT2D eigenvalue weighted by Gasteiger charge is -2.04. The summed E-state index contributed by atoms with van der Waals surface area (Å²) in [5.74, 6) is 1.73. The van der Waals surface area contributed by atoms with Gasteiger partial charge in [-0.3, -0.25) is 15.5 Å². The molecule has 0 saturated heterocycles. The van der Waals surface area contributed by atoms with E-state index < -0.39 is 4.92 Å². The van der Waals surface area contributed by atoms with E-state index in [0.29, 0.717) is 17.3 Å². The minimum atomic E-state index is -0.434. The number of aliphatic hydroxyl groups excluding tert-OH is 1. The predicted octanol–water partition coefficient (Wildman–Crippen LogP) is 5.58. The Bertz CT molecular complexity index is 1430. The van der Waals surface area contributed by atoms with Gasteiger partial charge in [0.25, 0.3) is 5.69 Å². The molecule has 3 aromatic heterocycles. The summed E-state index contributed by atoms with van der Waals surface area (Å²) < 4.78 is 5.78. The van der Waals surface area contributed by atoms with Gasteiger partial charge in [-0.25, -0.2) is 9.97 Å². The summed E-state index contributed by atoms with van der Waals surface area (Å²) in [6.45, 7) is 0. The molecule has 2 N–H and O–H groups in total. The molecule has 170 valence electrons. The third-order valence-corrected chi connectivity index (χ3v) is 5.69. The molecule has 0 atom stereocenters. The fourth-order valence-electron chi connectivity index (χ4n) is 3.27. The van der Waals surface area contributed by atoms with E-state index in [-0.39, 0.29) is 5.69 Å². The molecule has 5 rings (SSSR count). The van der Waals surface area contributed by atoms with Gasteiger partial charge in [-0.05, 0) is 29.8 Å². The SMILES string of the molecule is CO.O=[N+]([O-])c1ccc(-c2ccc(/C=N/Nc3ncnc4scc(-c5ccccc5)c34)o2)cc1. The van der Waals surface area contributed by atoms with Crippen molar-refractivity contribution < 1.29 is 14.4 Å². The molecule has 0 unspecified atom stereocenters. The number of non-ortho nitro benzene ring substituents is 1. The number of benzene rings is 2. The van der Waals surface area contributed by atoms with E-state index in [1.54, 1.807) is 41.8 Å². The number of aromatic nitrogens is 2. The van der Waals surface area contributed by atoms with Crippen molar-refractivity contribution in [2.45, 2.75) is 0 Å². The van der Waals surface area contributed by atoms with Crippen LogP contribution in [-0.4, -0.2) is 33.3 Å². The molecule has 0 aliphatic heterocycles. The second-order valence-corrected chi connectivity index (χ2v) is 7.65. The van der Waals surface area contributed by atoms with Gasteiger partial charge in [0.15, 0.2) is 5.82 Å². The zero-order valence-corrected chi connectivity index (χ0v) is 18.8. The summed E-state index contributed by atoms with van der Waals surface area (Å²) >= 11 is 1.55. The highest BCUT2D eigenvalue weighted by Crippen LogP contribution is 2.36. The van der Waals surface area contributed by atoms with Gasteiger partial charge in [-0.15, -0.1) is 11.3 Å². The first-order chi connectivity index (χ1) is 16.7. The summed E-state index contributed by atoms with van der Waals surface area (Å²) in [4.78, 5) is 20.0. The van der Waals surface area contributed by atoms with Crippen molar-refractivity contribution in [1.29, 1.82) is 0 Å². The zero-order valence-electron chi connectivity index (χ0n) is 18.0.